The number of hydrogen-bond donors (Lipinski definition) is 3. The minimum atomic E-state index is -0.981. The number of hydrogen-bond acceptors (Lipinski definition) is 8. The zero-order valence-corrected chi connectivity index (χ0v) is 13.0. The van der Waals surface area contributed by atoms with Gasteiger partial charge < -0.3 is 11.1 Å². The molecule has 0 spiro atoms. The van der Waals surface area contributed by atoms with E-state index in [0.717, 1.165) is 23.1 Å². The fourth-order valence-electron chi connectivity index (χ4n) is 1.59. The Morgan fingerprint density at radius 2 is 2.24 bits per heavy atom. The molecule has 9 nitrogen and oxygen atoms in total. The largest absolute Gasteiger partial charge is 0.374 e. The number of amides is 4. The van der Waals surface area contributed by atoms with Gasteiger partial charge in [-0.3, -0.25) is 15.0 Å². The van der Waals surface area contributed by atoms with Crippen LogP contribution in [0.1, 0.15) is 20.3 Å². The van der Waals surface area contributed by atoms with Crippen molar-refractivity contribution in [1.82, 2.24) is 25.9 Å². The van der Waals surface area contributed by atoms with E-state index in [0.29, 0.717) is 20.9 Å². The first-order valence-corrected chi connectivity index (χ1v) is 7.84. The van der Waals surface area contributed by atoms with Crippen molar-refractivity contribution in [1.29, 1.82) is 0 Å². The standard InChI is InChI=1S/C10H14N6O3S2/c1-3-10(2)6(18)16(8(19)12-10)15-5(17)4-20-9-14-13-7(11)21-9/h3-4H2,1-2H3,(H2,11,13)(H,12,19)(H,15,17). The normalized spacial score (nSPS) is 21.5. The van der Waals surface area contributed by atoms with Crippen molar-refractivity contribution in [3.8, 4) is 0 Å². The van der Waals surface area contributed by atoms with Crippen molar-refractivity contribution in [2.24, 2.45) is 0 Å². The maximum absolute atomic E-state index is 12.1. The third-order valence-corrected chi connectivity index (χ3v) is 4.84. The summed E-state index contributed by atoms with van der Waals surface area (Å²) in [4.78, 5) is 35.6. The number of nitrogens with zero attached hydrogens (tertiary/aromatic N) is 3. The smallest absolute Gasteiger partial charge is 0.344 e. The van der Waals surface area contributed by atoms with E-state index in [9.17, 15) is 14.4 Å². The number of nitrogens with one attached hydrogen (secondary N) is 2. The SMILES string of the molecule is CCC1(C)NC(=O)N(NC(=O)CSc2nnc(N)s2)C1=O. The van der Waals surface area contributed by atoms with Gasteiger partial charge in [0.15, 0.2) is 4.34 Å². The zero-order chi connectivity index (χ0) is 15.6. The summed E-state index contributed by atoms with van der Waals surface area (Å²) in [7, 11) is 0. The van der Waals surface area contributed by atoms with Gasteiger partial charge in [0.1, 0.15) is 5.54 Å². The van der Waals surface area contributed by atoms with Crippen LogP contribution in [0.25, 0.3) is 0 Å². The van der Waals surface area contributed by atoms with Gasteiger partial charge >= 0.3 is 6.03 Å². The monoisotopic (exact) mass is 330 g/mol. The lowest BCUT2D eigenvalue weighted by atomic mass is 10.00. The number of nitrogens with two attached hydrogens (primary N) is 1. The Kier molecular flexibility index (Phi) is 4.32. The van der Waals surface area contributed by atoms with Crippen LogP contribution >= 0.6 is 23.1 Å². The Labute approximate surface area is 128 Å². The summed E-state index contributed by atoms with van der Waals surface area (Å²) in [5.41, 5.74) is 6.72. The second kappa shape index (κ2) is 5.85. The van der Waals surface area contributed by atoms with Crippen LogP contribution < -0.4 is 16.5 Å². The van der Waals surface area contributed by atoms with Crippen LogP contribution in [0.4, 0.5) is 9.93 Å². The maximum atomic E-state index is 12.1. The van der Waals surface area contributed by atoms with Crippen LogP contribution in [0.15, 0.2) is 4.34 Å². The number of anilines is 1. The topological polar surface area (TPSA) is 130 Å². The predicted octanol–water partition coefficient (Wildman–Crippen LogP) is -0.0359. The molecule has 2 heterocycles. The van der Waals surface area contributed by atoms with Crippen molar-refractivity contribution >= 4 is 46.1 Å². The summed E-state index contributed by atoms with van der Waals surface area (Å²) in [5, 5.41) is 10.9. The van der Waals surface area contributed by atoms with E-state index in [4.69, 9.17) is 5.73 Å². The number of rotatable bonds is 5. The lowest BCUT2D eigenvalue weighted by Crippen LogP contribution is -2.49. The molecule has 11 heteroatoms. The minimum absolute atomic E-state index is 0.00542. The number of aromatic nitrogens is 2. The Balaban J connectivity index is 1.91. The van der Waals surface area contributed by atoms with Gasteiger partial charge in [0, 0.05) is 0 Å². The van der Waals surface area contributed by atoms with Crippen molar-refractivity contribution in [3.05, 3.63) is 0 Å². The second-order valence-corrected chi connectivity index (χ2v) is 6.72. The molecule has 1 aliphatic heterocycles. The van der Waals surface area contributed by atoms with Crippen molar-refractivity contribution < 1.29 is 14.4 Å². The molecule has 2 rings (SSSR count). The minimum Gasteiger partial charge on any atom is -0.374 e. The predicted molar refractivity (Wildman–Crippen MR) is 77.3 cm³/mol. The van der Waals surface area contributed by atoms with Gasteiger partial charge in [0.05, 0.1) is 5.75 Å². The molecule has 1 fully saturated rings. The Morgan fingerprint density at radius 3 is 2.76 bits per heavy atom. The lowest BCUT2D eigenvalue weighted by molar-refractivity contribution is -0.137. The average Bonchev–Trinajstić information content (AvgIpc) is 2.94. The molecule has 0 aliphatic carbocycles. The van der Waals surface area contributed by atoms with E-state index >= 15 is 0 Å². The molecule has 1 aromatic rings. The molecular weight excluding hydrogens is 316 g/mol. The van der Waals surface area contributed by atoms with Crippen LogP contribution in [0.2, 0.25) is 0 Å². The van der Waals surface area contributed by atoms with Gasteiger partial charge in [0.25, 0.3) is 5.91 Å². The number of hydrazine groups is 1. The first-order valence-electron chi connectivity index (χ1n) is 6.03. The van der Waals surface area contributed by atoms with Crippen molar-refractivity contribution in [2.45, 2.75) is 30.1 Å². The van der Waals surface area contributed by atoms with Gasteiger partial charge in [-0.25, -0.2) is 4.79 Å². The third-order valence-electron chi connectivity index (χ3n) is 2.95. The van der Waals surface area contributed by atoms with Crippen LogP contribution in [0.5, 0.6) is 0 Å². The number of nitrogen functional groups attached to an aromatic ring is 1. The van der Waals surface area contributed by atoms with E-state index in [1.807, 2.05) is 0 Å². The van der Waals surface area contributed by atoms with E-state index < -0.39 is 23.4 Å². The van der Waals surface area contributed by atoms with Crippen LogP contribution in [0, 0.1) is 0 Å². The van der Waals surface area contributed by atoms with E-state index in [1.54, 1.807) is 13.8 Å². The summed E-state index contributed by atoms with van der Waals surface area (Å²) < 4.78 is 0.540. The highest BCUT2D eigenvalue weighted by Crippen LogP contribution is 2.23. The van der Waals surface area contributed by atoms with Crippen molar-refractivity contribution in [3.63, 3.8) is 0 Å². The highest BCUT2D eigenvalue weighted by Gasteiger charge is 2.47. The van der Waals surface area contributed by atoms with Crippen LogP contribution in [-0.4, -0.2) is 44.3 Å². The number of urea groups is 1. The Hall–Kier alpha value is -1.88. The molecule has 1 saturated heterocycles. The molecule has 1 unspecified atom stereocenters. The van der Waals surface area contributed by atoms with Gasteiger partial charge in [-0.1, -0.05) is 30.0 Å². The van der Waals surface area contributed by atoms with Gasteiger partial charge in [-0.05, 0) is 13.3 Å². The van der Waals surface area contributed by atoms with Gasteiger partial charge in [-0.15, -0.1) is 10.2 Å². The molecule has 0 bridgehead atoms. The molecule has 1 atom stereocenters. The number of carbonyl (C=O) groups is 3. The van der Waals surface area contributed by atoms with Crippen LogP contribution in [0.3, 0.4) is 0 Å². The molecule has 21 heavy (non-hydrogen) atoms. The summed E-state index contributed by atoms with van der Waals surface area (Å²) >= 11 is 2.28. The van der Waals surface area contributed by atoms with E-state index in [-0.39, 0.29) is 5.75 Å². The van der Waals surface area contributed by atoms with E-state index in [1.165, 1.54) is 0 Å². The number of carbonyl (C=O) groups excluding carboxylic acids is 3. The lowest BCUT2D eigenvalue weighted by Gasteiger charge is -2.19. The van der Waals surface area contributed by atoms with E-state index in [2.05, 4.69) is 20.9 Å². The molecule has 0 aromatic carbocycles. The molecule has 114 valence electrons. The van der Waals surface area contributed by atoms with Gasteiger partial charge in [0.2, 0.25) is 11.0 Å². The highest BCUT2D eigenvalue weighted by atomic mass is 32.2. The summed E-state index contributed by atoms with van der Waals surface area (Å²) in [6.07, 6.45) is 0.433. The number of imide groups is 1. The van der Waals surface area contributed by atoms with Gasteiger partial charge in [-0.2, -0.15) is 5.01 Å². The first-order chi connectivity index (χ1) is 9.85. The van der Waals surface area contributed by atoms with Crippen LogP contribution in [-0.2, 0) is 9.59 Å². The molecule has 0 radical (unpaired) electrons. The summed E-state index contributed by atoms with van der Waals surface area (Å²) in [6.45, 7) is 3.39. The molecule has 1 aliphatic rings. The highest BCUT2D eigenvalue weighted by molar-refractivity contribution is 8.01. The maximum Gasteiger partial charge on any atom is 0.344 e. The quantitative estimate of drug-likeness (QED) is 0.510. The third kappa shape index (κ3) is 3.24. The molecule has 1 aromatic heterocycles. The molecule has 4 amide bonds. The number of thioether (sulfide) groups is 1. The Bertz CT molecular complexity index is 591. The fourth-order valence-corrected chi connectivity index (χ4v) is 3.02. The molecular formula is C10H14N6O3S2. The second-order valence-electron chi connectivity index (χ2n) is 4.49. The summed E-state index contributed by atoms with van der Waals surface area (Å²) in [6, 6.07) is -0.636. The van der Waals surface area contributed by atoms with Crippen molar-refractivity contribution in [2.75, 3.05) is 11.5 Å². The molecule has 0 saturated carbocycles. The fraction of sp³-hybridized carbons (Fsp3) is 0.500. The zero-order valence-electron chi connectivity index (χ0n) is 11.4. The average molecular weight is 330 g/mol. The first kappa shape index (κ1) is 15.5. The Morgan fingerprint density at radius 1 is 1.52 bits per heavy atom. The summed E-state index contributed by atoms with van der Waals surface area (Å²) in [5.74, 6) is -0.972. The molecule has 4 N–H and O–H groups in total.